The maximum atomic E-state index is 13.5. The van der Waals surface area contributed by atoms with E-state index in [0.717, 1.165) is 53.6 Å². The van der Waals surface area contributed by atoms with Gasteiger partial charge in [-0.25, -0.2) is 4.79 Å². The molecule has 3 aromatic rings. The zero-order chi connectivity index (χ0) is 26.8. The Morgan fingerprint density at radius 3 is 2.79 bits per heavy atom. The van der Waals surface area contributed by atoms with Crippen LogP contribution in [0.3, 0.4) is 0 Å². The molecule has 7 nitrogen and oxygen atoms in total. The van der Waals surface area contributed by atoms with E-state index in [-0.39, 0.29) is 24.0 Å². The van der Waals surface area contributed by atoms with Gasteiger partial charge in [-0.15, -0.1) is 6.42 Å². The van der Waals surface area contributed by atoms with Gasteiger partial charge >= 0.3 is 6.09 Å². The van der Waals surface area contributed by atoms with Crippen LogP contribution in [0.2, 0.25) is 5.02 Å². The summed E-state index contributed by atoms with van der Waals surface area (Å²) in [5.41, 5.74) is 5.08. The van der Waals surface area contributed by atoms with Crippen molar-refractivity contribution in [3.05, 3.63) is 69.6 Å². The van der Waals surface area contributed by atoms with Crippen molar-refractivity contribution in [1.29, 1.82) is 0 Å². The maximum Gasteiger partial charge on any atom is 0.409 e. The van der Waals surface area contributed by atoms with Crippen molar-refractivity contribution in [1.82, 2.24) is 19.8 Å². The van der Waals surface area contributed by atoms with Gasteiger partial charge in [0.15, 0.2) is 0 Å². The average molecular weight is 531 g/mol. The van der Waals surface area contributed by atoms with Gasteiger partial charge in [0, 0.05) is 65.7 Å². The van der Waals surface area contributed by atoms with Crippen molar-refractivity contribution in [2.75, 3.05) is 26.2 Å². The molecule has 3 heterocycles. The largest absolute Gasteiger partial charge is 0.449 e. The predicted molar refractivity (Wildman–Crippen MR) is 147 cm³/mol. The average Bonchev–Trinajstić information content (AvgIpc) is 2.95. The molecule has 5 rings (SSSR count). The third-order valence-corrected chi connectivity index (χ3v) is 7.91. The number of hydrogen-bond donors (Lipinski definition) is 0. The van der Waals surface area contributed by atoms with Crippen LogP contribution < -0.4 is 0 Å². The van der Waals surface area contributed by atoms with Crippen molar-refractivity contribution < 1.29 is 14.3 Å². The van der Waals surface area contributed by atoms with Crippen LogP contribution in [-0.4, -0.2) is 64.1 Å². The van der Waals surface area contributed by atoms with Crippen LogP contribution in [0.4, 0.5) is 4.79 Å². The highest BCUT2D eigenvalue weighted by atomic mass is 35.5. The first-order valence-electron chi connectivity index (χ1n) is 13.2. The molecule has 1 saturated heterocycles. The summed E-state index contributed by atoms with van der Waals surface area (Å²) in [6, 6.07) is 9.34. The van der Waals surface area contributed by atoms with E-state index in [0.29, 0.717) is 42.3 Å². The Kier molecular flexibility index (Phi) is 7.53. The molecule has 8 heteroatoms. The molecule has 0 radical (unpaired) electrons. The fourth-order valence-electron chi connectivity index (χ4n) is 5.38. The molecule has 1 aliphatic carbocycles. The van der Waals surface area contributed by atoms with E-state index < -0.39 is 0 Å². The van der Waals surface area contributed by atoms with Gasteiger partial charge < -0.3 is 14.5 Å². The summed E-state index contributed by atoms with van der Waals surface area (Å²) in [6.45, 7) is 5.65. The number of fused-ring (bicyclic) bond motifs is 2. The Balaban J connectivity index is 1.35. The number of terminal acetylenes is 1. The number of ether oxygens (including phenoxy) is 1. The summed E-state index contributed by atoms with van der Waals surface area (Å²) >= 11 is 6.86. The number of pyridine rings is 2. The third-order valence-electron chi connectivity index (χ3n) is 7.48. The molecule has 196 valence electrons. The smallest absolute Gasteiger partial charge is 0.409 e. The fraction of sp³-hybridized carbons (Fsp3) is 0.400. The standard InChI is InChI=1S/C30H31ClN4O3/c1-4-14-38-30(37)34-12-13-35(19(3)18-34)29(36)22-8-10-24-27(16-22)33-26-15-21(7-9-23(26)28(24)31)25-11-6-20(5-2)17-32-25/h2,6,8,10-11,16-17,19,21H,4,7,9,12-15,18H2,1,3H3. The van der Waals surface area contributed by atoms with Gasteiger partial charge in [-0.3, -0.25) is 14.8 Å². The number of hydrogen-bond acceptors (Lipinski definition) is 5. The molecular weight excluding hydrogens is 500 g/mol. The topological polar surface area (TPSA) is 75.6 Å². The molecule has 0 saturated carbocycles. The van der Waals surface area contributed by atoms with E-state index >= 15 is 0 Å². The van der Waals surface area contributed by atoms with Crippen LogP contribution in [0, 0.1) is 12.3 Å². The summed E-state index contributed by atoms with van der Waals surface area (Å²) in [5.74, 6) is 2.77. The Bertz CT molecular complexity index is 1420. The summed E-state index contributed by atoms with van der Waals surface area (Å²) in [4.78, 5) is 38.8. The Morgan fingerprint density at radius 2 is 2.08 bits per heavy atom. The van der Waals surface area contributed by atoms with Crippen molar-refractivity contribution in [2.24, 2.45) is 0 Å². The zero-order valence-corrected chi connectivity index (χ0v) is 22.5. The van der Waals surface area contributed by atoms with Crippen LogP contribution in [0.5, 0.6) is 0 Å². The quantitative estimate of drug-likeness (QED) is 0.432. The number of amides is 2. The van der Waals surface area contributed by atoms with Crippen LogP contribution in [-0.2, 0) is 17.6 Å². The minimum atomic E-state index is -0.319. The minimum absolute atomic E-state index is 0.0766. The maximum absolute atomic E-state index is 13.5. The van der Waals surface area contributed by atoms with Gasteiger partial charge in [-0.05, 0) is 62.4 Å². The number of nitrogens with zero attached hydrogens (tertiary/aromatic N) is 4. The zero-order valence-electron chi connectivity index (χ0n) is 21.7. The molecule has 1 fully saturated rings. The highest BCUT2D eigenvalue weighted by Gasteiger charge is 2.31. The first kappa shape index (κ1) is 26.0. The Morgan fingerprint density at radius 1 is 1.24 bits per heavy atom. The molecular formula is C30H31ClN4O3. The van der Waals surface area contributed by atoms with Gasteiger partial charge in [0.1, 0.15) is 0 Å². The lowest BCUT2D eigenvalue weighted by Gasteiger charge is -2.39. The normalized spacial score (nSPS) is 19.1. The van der Waals surface area contributed by atoms with Crippen molar-refractivity contribution in [3.63, 3.8) is 0 Å². The highest BCUT2D eigenvalue weighted by molar-refractivity contribution is 6.36. The lowest BCUT2D eigenvalue weighted by atomic mass is 9.84. The van der Waals surface area contributed by atoms with E-state index in [1.165, 1.54) is 0 Å². The second-order valence-corrected chi connectivity index (χ2v) is 10.4. The second-order valence-electron chi connectivity index (χ2n) is 10.0. The number of rotatable bonds is 4. The summed E-state index contributed by atoms with van der Waals surface area (Å²) in [7, 11) is 0. The van der Waals surface area contributed by atoms with Crippen LogP contribution in [0.15, 0.2) is 36.5 Å². The fourth-order valence-corrected chi connectivity index (χ4v) is 5.74. The van der Waals surface area contributed by atoms with Gasteiger partial charge in [0.05, 0.1) is 17.1 Å². The van der Waals surface area contributed by atoms with E-state index in [9.17, 15) is 9.59 Å². The highest BCUT2D eigenvalue weighted by Crippen LogP contribution is 2.38. The summed E-state index contributed by atoms with van der Waals surface area (Å²) in [6.07, 6.45) is 10.2. The van der Waals surface area contributed by atoms with Crippen molar-refractivity contribution in [3.8, 4) is 12.3 Å². The van der Waals surface area contributed by atoms with Crippen LogP contribution in [0.25, 0.3) is 10.9 Å². The number of carbonyl (C=O) groups excluding carboxylic acids is 2. The molecule has 2 atom stereocenters. The number of piperazine rings is 1. The van der Waals surface area contributed by atoms with Gasteiger partial charge in [-0.2, -0.15) is 0 Å². The van der Waals surface area contributed by atoms with Crippen LogP contribution >= 0.6 is 11.6 Å². The van der Waals surface area contributed by atoms with Gasteiger partial charge in [0.25, 0.3) is 5.91 Å². The first-order chi connectivity index (χ1) is 18.4. The van der Waals surface area contributed by atoms with Crippen molar-refractivity contribution in [2.45, 2.75) is 51.5 Å². The van der Waals surface area contributed by atoms with E-state index in [2.05, 4.69) is 10.9 Å². The molecule has 0 bridgehead atoms. The van der Waals surface area contributed by atoms with E-state index in [1.807, 2.05) is 49.1 Å². The van der Waals surface area contributed by atoms with Gasteiger partial charge in [-0.1, -0.05) is 30.5 Å². The van der Waals surface area contributed by atoms with Gasteiger partial charge in [0.2, 0.25) is 0 Å². The predicted octanol–water partition coefficient (Wildman–Crippen LogP) is 5.23. The first-order valence-corrected chi connectivity index (χ1v) is 13.5. The molecule has 0 spiro atoms. The number of benzene rings is 1. The second kappa shape index (κ2) is 11.0. The Labute approximate surface area is 228 Å². The molecule has 2 unspecified atom stereocenters. The van der Waals surface area contributed by atoms with E-state index in [4.69, 9.17) is 27.7 Å². The molecule has 1 aromatic carbocycles. The number of halogens is 1. The van der Waals surface area contributed by atoms with Crippen molar-refractivity contribution >= 4 is 34.5 Å². The number of aromatic nitrogens is 2. The lowest BCUT2D eigenvalue weighted by molar-refractivity contribution is 0.0414. The molecule has 38 heavy (non-hydrogen) atoms. The minimum Gasteiger partial charge on any atom is -0.449 e. The van der Waals surface area contributed by atoms with E-state index in [1.54, 1.807) is 11.1 Å². The SMILES string of the molecule is C#Cc1ccc(C2CCc3c(nc4cc(C(=O)N5CCN(C(=O)OCCC)CC5C)ccc4c3Cl)C2)nc1. The summed E-state index contributed by atoms with van der Waals surface area (Å²) in [5, 5.41) is 1.57. The Hall–Kier alpha value is -3.63. The molecule has 2 amide bonds. The lowest BCUT2D eigenvalue weighted by Crippen LogP contribution is -2.55. The molecule has 0 N–H and O–H groups in total. The molecule has 2 aromatic heterocycles. The molecule has 1 aliphatic heterocycles. The monoisotopic (exact) mass is 530 g/mol. The number of carbonyl (C=O) groups is 2. The molecule has 2 aliphatic rings. The summed E-state index contributed by atoms with van der Waals surface area (Å²) < 4.78 is 5.26. The van der Waals surface area contributed by atoms with Crippen LogP contribution in [0.1, 0.15) is 65.5 Å². The third kappa shape index (κ3) is 5.06.